The summed E-state index contributed by atoms with van der Waals surface area (Å²) in [6, 6.07) is 4.80. The Morgan fingerprint density at radius 3 is 2.55 bits per heavy atom. The lowest BCUT2D eigenvalue weighted by Gasteiger charge is -2.08. The van der Waals surface area contributed by atoms with Gasteiger partial charge >= 0.3 is 11.9 Å². The van der Waals surface area contributed by atoms with E-state index in [9.17, 15) is 19.2 Å². The summed E-state index contributed by atoms with van der Waals surface area (Å²) in [4.78, 5) is 49.6. The Labute approximate surface area is 193 Å². The number of ether oxygens (including phenoxy) is 2. The maximum atomic E-state index is 12.4. The zero-order valence-electron chi connectivity index (χ0n) is 18.6. The van der Waals surface area contributed by atoms with Crippen molar-refractivity contribution in [2.75, 3.05) is 25.6 Å². The third-order valence-corrected chi connectivity index (χ3v) is 5.90. The Bertz CT molecular complexity index is 1230. The molecule has 33 heavy (non-hydrogen) atoms. The molecule has 0 fully saturated rings. The molecule has 174 valence electrons. The molecule has 3 aromatic rings. The number of thiophene rings is 1. The molecule has 11 nitrogen and oxygen atoms in total. The molecule has 0 radical (unpaired) electrons. The zero-order chi connectivity index (χ0) is 24.1. The molecule has 0 saturated carbocycles. The van der Waals surface area contributed by atoms with E-state index in [1.807, 2.05) is 6.92 Å². The first-order chi connectivity index (χ1) is 15.8. The van der Waals surface area contributed by atoms with E-state index in [-0.39, 0.29) is 27.6 Å². The number of anilines is 1. The molecule has 2 heterocycles. The minimum Gasteiger partial charge on any atom is -0.462 e. The van der Waals surface area contributed by atoms with Gasteiger partial charge in [-0.15, -0.1) is 16.4 Å². The fourth-order valence-corrected chi connectivity index (χ4v) is 4.25. The van der Waals surface area contributed by atoms with Gasteiger partial charge in [0.2, 0.25) is 0 Å². The van der Waals surface area contributed by atoms with Crippen LogP contribution in [0.5, 0.6) is 0 Å². The highest BCUT2D eigenvalue weighted by Crippen LogP contribution is 2.33. The van der Waals surface area contributed by atoms with Crippen LogP contribution in [0.4, 0.5) is 5.00 Å². The molecule has 0 saturated heterocycles. The number of aryl methyl sites for hydroxylation is 1. The molecular weight excluding hydrogens is 450 g/mol. The number of rotatable bonds is 8. The number of hydrogen-bond acceptors (Lipinski definition) is 9. The summed E-state index contributed by atoms with van der Waals surface area (Å²) in [5.74, 6) is -2.44. The van der Waals surface area contributed by atoms with Crippen molar-refractivity contribution in [3.8, 4) is 0 Å². The van der Waals surface area contributed by atoms with Crippen LogP contribution in [0, 0.1) is 6.92 Å². The first-order valence-corrected chi connectivity index (χ1v) is 10.9. The first kappa shape index (κ1) is 23.9. The molecule has 0 aliphatic rings. The number of nitrogens with one attached hydrogen (secondary N) is 2. The second kappa shape index (κ2) is 10.2. The van der Waals surface area contributed by atoms with Gasteiger partial charge < -0.3 is 20.1 Å². The number of esters is 2. The number of benzene rings is 1. The second-order valence-corrected chi connectivity index (χ2v) is 7.81. The minimum absolute atomic E-state index is 0.0876. The highest BCUT2D eigenvalue weighted by atomic mass is 32.1. The predicted octanol–water partition coefficient (Wildman–Crippen LogP) is 2.15. The van der Waals surface area contributed by atoms with Crippen molar-refractivity contribution in [3.63, 3.8) is 0 Å². The molecule has 0 unspecified atom stereocenters. The Hall–Kier alpha value is -3.80. The van der Waals surface area contributed by atoms with Gasteiger partial charge in [-0.1, -0.05) is 5.21 Å². The van der Waals surface area contributed by atoms with E-state index < -0.39 is 30.4 Å². The third-order valence-electron chi connectivity index (χ3n) is 4.70. The molecule has 0 aliphatic carbocycles. The van der Waals surface area contributed by atoms with Crippen LogP contribution < -0.4 is 10.6 Å². The van der Waals surface area contributed by atoms with Crippen LogP contribution in [0.2, 0.25) is 0 Å². The van der Waals surface area contributed by atoms with E-state index >= 15 is 0 Å². The van der Waals surface area contributed by atoms with Crippen molar-refractivity contribution in [1.29, 1.82) is 0 Å². The predicted molar refractivity (Wildman–Crippen MR) is 121 cm³/mol. The van der Waals surface area contributed by atoms with Crippen LogP contribution in [0.1, 0.15) is 49.8 Å². The van der Waals surface area contributed by atoms with E-state index in [0.717, 1.165) is 16.9 Å². The average Bonchev–Trinajstić information content (AvgIpc) is 3.36. The molecule has 0 spiro atoms. The van der Waals surface area contributed by atoms with Crippen molar-refractivity contribution in [3.05, 3.63) is 39.8 Å². The summed E-state index contributed by atoms with van der Waals surface area (Å²) in [5, 5.41) is 13.2. The molecule has 12 heteroatoms. The van der Waals surface area contributed by atoms with Crippen LogP contribution in [0.3, 0.4) is 0 Å². The first-order valence-electron chi connectivity index (χ1n) is 10.1. The molecule has 0 aliphatic heterocycles. The molecule has 3 rings (SSSR count). The Morgan fingerprint density at radius 1 is 1.12 bits per heavy atom. The third kappa shape index (κ3) is 5.00. The standard InChI is InChI=1S/C21H23N5O6S/c1-5-26-14-8-7-12(9-13(14)24-25-26)20(29)32-10-15(27)23-19-16(21(30)31-6-2)11(3)17(33-19)18(28)22-4/h7-9H,5-6,10H2,1-4H3,(H,22,28)(H,23,27). The Morgan fingerprint density at radius 2 is 1.88 bits per heavy atom. The van der Waals surface area contributed by atoms with Gasteiger partial charge in [-0.3, -0.25) is 9.59 Å². The Kier molecular flexibility index (Phi) is 7.38. The van der Waals surface area contributed by atoms with E-state index in [0.29, 0.717) is 17.6 Å². The summed E-state index contributed by atoms with van der Waals surface area (Å²) in [6.07, 6.45) is 0. The lowest BCUT2D eigenvalue weighted by Crippen LogP contribution is -2.21. The number of amides is 2. The highest BCUT2D eigenvalue weighted by molar-refractivity contribution is 7.18. The van der Waals surface area contributed by atoms with Crippen LogP contribution in [0.15, 0.2) is 18.2 Å². The van der Waals surface area contributed by atoms with Gasteiger partial charge in [0.05, 0.1) is 28.1 Å². The molecule has 1 aromatic carbocycles. The second-order valence-electron chi connectivity index (χ2n) is 6.79. The highest BCUT2D eigenvalue weighted by Gasteiger charge is 2.26. The Balaban J connectivity index is 1.72. The van der Waals surface area contributed by atoms with Gasteiger partial charge in [0.1, 0.15) is 10.5 Å². The maximum Gasteiger partial charge on any atom is 0.341 e. The van der Waals surface area contributed by atoms with Crippen LogP contribution in [-0.4, -0.2) is 59.0 Å². The smallest absolute Gasteiger partial charge is 0.341 e. The van der Waals surface area contributed by atoms with E-state index in [2.05, 4.69) is 20.9 Å². The number of aromatic nitrogens is 3. The summed E-state index contributed by atoms with van der Waals surface area (Å²) >= 11 is 0.935. The SMILES string of the molecule is CCOC(=O)c1c(NC(=O)COC(=O)c2ccc3c(c2)nnn3CC)sc(C(=O)NC)c1C. The molecule has 0 atom stereocenters. The average molecular weight is 474 g/mol. The van der Waals surface area contributed by atoms with E-state index in [4.69, 9.17) is 9.47 Å². The van der Waals surface area contributed by atoms with E-state index in [1.165, 1.54) is 13.1 Å². The molecular formula is C21H23N5O6S. The van der Waals surface area contributed by atoms with Gasteiger partial charge in [0.25, 0.3) is 11.8 Å². The van der Waals surface area contributed by atoms with E-state index in [1.54, 1.807) is 30.7 Å². The maximum absolute atomic E-state index is 12.4. The quantitative estimate of drug-likeness (QED) is 0.474. The van der Waals surface area contributed by atoms with Crippen molar-refractivity contribution in [2.45, 2.75) is 27.3 Å². The van der Waals surface area contributed by atoms with Gasteiger partial charge in [-0.25, -0.2) is 14.3 Å². The number of hydrogen-bond donors (Lipinski definition) is 2. The zero-order valence-corrected chi connectivity index (χ0v) is 19.4. The lowest BCUT2D eigenvalue weighted by molar-refractivity contribution is -0.119. The van der Waals surface area contributed by atoms with Crippen molar-refractivity contribution in [1.82, 2.24) is 20.3 Å². The summed E-state index contributed by atoms with van der Waals surface area (Å²) < 4.78 is 11.8. The van der Waals surface area contributed by atoms with Crippen molar-refractivity contribution >= 4 is 51.1 Å². The van der Waals surface area contributed by atoms with Crippen molar-refractivity contribution < 1.29 is 28.7 Å². The van der Waals surface area contributed by atoms with Gasteiger partial charge in [0.15, 0.2) is 6.61 Å². The number of nitrogens with zero attached hydrogens (tertiary/aromatic N) is 3. The van der Waals surface area contributed by atoms with Gasteiger partial charge in [-0.05, 0) is 44.5 Å². The lowest BCUT2D eigenvalue weighted by atomic mass is 10.1. The molecule has 2 N–H and O–H groups in total. The summed E-state index contributed by atoms with van der Waals surface area (Å²) in [6.45, 7) is 5.34. The fraction of sp³-hybridized carbons (Fsp3) is 0.333. The summed E-state index contributed by atoms with van der Waals surface area (Å²) in [7, 11) is 1.46. The van der Waals surface area contributed by atoms with Crippen LogP contribution >= 0.6 is 11.3 Å². The fourth-order valence-electron chi connectivity index (χ4n) is 3.09. The van der Waals surface area contributed by atoms with Crippen LogP contribution in [0.25, 0.3) is 11.0 Å². The van der Waals surface area contributed by atoms with Crippen molar-refractivity contribution in [2.24, 2.45) is 0 Å². The topological polar surface area (TPSA) is 142 Å². The van der Waals surface area contributed by atoms with Gasteiger partial charge in [-0.2, -0.15) is 0 Å². The molecule has 0 bridgehead atoms. The van der Waals surface area contributed by atoms with Gasteiger partial charge in [0, 0.05) is 13.6 Å². The number of carbonyl (C=O) groups excluding carboxylic acids is 4. The van der Waals surface area contributed by atoms with Crippen LogP contribution in [-0.2, 0) is 20.8 Å². The largest absolute Gasteiger partial charge is 0.462 e. The molecule has 2 amide bonds. The normalized spacial score (nSPS) is 10.7. The minimum atomic E-state index is -0.711. The monoisotopic (exact) mass is 473 g/mol. The summed E-state index contributed by atoms with van der Waals surface area (Å²) in [5.41, 5.74) is 2.01. The molecule has 2 aromatic heterocycles. The number of fused-ring (bicyclic) bond motifs is 1. The number of carbonyl (C=O) groups is 4.